The first-order chi connectivity index (χ1) is 18.4. The fourth-order valence-corrected chi connectivity index (χ4v) is 3.53. The summed E-state index contributed by atoms with van der Waals surface area (Å²) in [5.74, 6) is -2.32. The van der Waals surface area contributed by atoms with E-state index >= 15 is 0 Å². The van der Waals surface area contributed by atoms with Gasteiger partial charge in [0.1, 0.15) is 22.8 Å². The Balaban J connectivity index is 2.29. The van der Waals surface area contributed by atoms with Crippen LogP contribution in [0.25, 0.3) is 0 Å². The van der Waals surface area contributed by atoms with E-state index in [1.54, 1.807) is 78.8 Å². The van der Waals surface area contributed by atoms with Crippen LogP contribution in [0.1, 0.15) is 70.8 Å². The Morgan fingerprint density at radius 1 is 0.825 bits per heavy atom. The van der Waals surface area contributed by atoms with Gasteiger partial charge in [0, 0.05) is 12.8 Å². The summed E-state index contributed by atoms with van der Waals surface area (Å²) in [5, 5.41) is 9.96. The Hall–Kier alpha value is -4.12. The molecule has 0 aliphatic heterocycles. The summed E-state index contributed by atoms with van der Waals surface area (Å²) in [6.45, 7) is 11.4. The van der Waals surface area contributed by atoms with Crippen molar-refractivity contribution in [2.24, 2.45) is 5.73 Å². The van der Waals surface area contributed by atoms with Crippen LogP contribution >= 0.6 is 0 Å². The van der Waals surface area contributed by atoms with Crippen molar-refractivity contribution in [3.8, 4) is 11.5 Å². The van der Waals surface area contributed by atoms with Crippen molar-refractivity contribution in [3.63, 3.8) is 0 Å². The van der Waals surface area contributed by atoms with Crippen LogP contribution in [-0.4, -0.2) is 52.2 Å². The lowest BCUT2D eigenvalue weighted by molar-refractivity contribution is -0.144. The summed E-state index contributed by atoms with van der Waals surface area (Å²) >= 11 is 0. The third-order valence-electron chi connectivity index (χ3n) is 5.09. The molecule has 3 N–H and O–H groups in total. The number of nitrogens with two attached hydrogens (primary N) is 1. The molecule has 40 heavy (non-hydrogen) atoms. The smallest absolute Gasteiger partial charge is 0.480 e. The van der Waals surface area contributed by atoms with Gasteiger partial charge in [-0.25, -0.2) is 14.4 Å². The molecule has 2 atom stereocenters. The average molecular weight is 560 g/mol. The van der Waals surface area contributed by atoms with Crippen LogP contribution in [0.3, 0.4) is 0 Å². The van der Waals surface area contributed by atoms with Gasteiger partial charge in [-0.2, -0.15) is 0 Å². The number of esters is 1. The molecule has 0 saturated carbocycles. The molecule has 2 aromatic rings. The molecular formula is C29H37NO10. The zero-order valence-electron chi connectivity index (χ0n) is 23.8. The summed E-state index contributed by atoms with van der Waals surface area (Å²) in [6.07, 6.45) is -3.42. The van der Waals surface area contributed by atoms with E-state index in [1.807, 2.05) is 0 Å². The zero-order chi connectivity index (χ0) is 30.3. The van der Waals surface area contributed by atoms with E-state index in [4.69, 9.17) is 29.4 Å². The van der Waals surface area contributed by atoms with Crippen molar-refractivity contribution in [3.05, 3.63) is 59.7 Å². The summed E-state index contributed by atoms with van der Waals surface area (Å²) in [7, 11) is 0. The maximum Gasteiger partial charge on any atom is 0.514 e. The van der Waals surface area contributed by atoms with Crippen molar-refractivity contribution < 1.29 is 48.0 Å². The highest BCUT2D eigenvalue weighted by Gasteiger charge is 2.37. The van der Waals surface area contributed by atoms with E-state index in [0.717, 1.165) is 0 Å². The van der Waals surface area contributed by atoms with Crippen LogP contribution in [0.5, 0.6) is 11.5 Å². The minimum Gasteiger partial charge on any atom is -0.480 e. The summed E-state index contributed by atoms with van der Waals surface area (Å²) in [6, 6.07) is 12.4. The molecule has 0 aromatic heterocycles. The van der Waals surface area contributed by atoms with Gasteiger partial charge in [0.2, 0.25) is 0 Å². The van der Waals surface area contributed by atoms with Crippen molar-refractivity contribution in [2.75, 3.05) is 0 Å². The first-order valence-corrected chi connectivity index (χ1v) is 12.6. The highest BCUT2D eigenvalue weighted by atomic mass is 16.8. The average Bonchev–Trinajstić information content (AvgIpc) is 2.78. The number of rotatable bonds is 9. The maximum atomic E-state index is 12.4. The number of carbonyl (C=O) groups excluding carboxylic acids is 3. The number of carboxylic acid groups (broad SMARTS) is 1. The minimum atomic E-state index is -1.87. The largest absolute Gasteiger partial charge is 0.514 e. The number of carboxylic acids is 1. The molecule has 2 aromatic carbocycles. The topological polar surface area (TPSA) is 161 Å². The third-order valence-corrected chi connectivity index (χ3v) is 5.09. The van der Waals surface area contributed by atoms with Crippen LogP contribution < -0.4 is 15.2 Å². The second kappa shape index (κ2) is 12.8. The van der Waals surface area contributed by atoms with Crippen LogP contribution in [0.4, 0.5) is 9.59 Å². The lowest BCUT2D eigenvalue weighted by atomic mass is 9.86. The Morgan fingerprint density at radius 2 is 1.35 bits per heavy atom. The molecular weight excluding hydrogens is 522 g/mol. The lowest BCUT2D eigenvalue weighted by Gasteiger charge is -2.28. The van der Waals surface area contributed by atoms with Crippen LogP contribution in [0.15, 0.2) is 48.5 Å². The molecule has 1 unspecified atom stereocenters. The third kappa shape index (κ3) is 10.6. The van der Waals surface area contributed by atoms with Crippen molar-refractivity contribution in [1.29, 1.82) is 0 Å². The van der Waals surface area contributed by atoms with E-state index < -0.39 is 47.1 Å². The maximum absolute atomic E-state index is 12.4. The summed E-state index contributed by atoms with van der Waals surface area (Å²) in [4.78, 5) is 49.3. The van der Waals surface area contributed by atoms with Gasteiger partial charge >= 0.3 is 24.2 Å². The van der Waals surface area contributed by atoms with Crippen molar-refractivity contribution >= 4 is 24.2 Å². The van der Waals surface area contributed by atoms with Gasteiger partial charge in [-0.1, -0.05) is 24.3 Å². The van der Waals surface area contributed by atoms with Gasteiger partial charge in [0.15, 0.2) is 11.5 Å². The Labute approximate surface area is 233 Å². The van der Waals surface area contributed by atoms with Gasteiger partial charge in [0.25, 0.3) is 0 Å². The molecule has 0 aliphatic rings. The first-order valence-electron chi connectivity index (χ1n) is 12.6. The molecule has 0 fully saturated rings. The van der Waals surface area contributed by atoms with Crippen molar-refractivity contribution in [1.82, 2.24) is 0 Å². The summed E-state index contributed by atoms with van der Waals surface area (Å²) < 4.78 is 26.3. The molecule has 0 saturated heterocycles. The van der Waals surface area contributed by atoms with E-state index in [0.29, 0.717) is 11.1 Å². The highest BCUT2D eigenvalue weighted by molar-refractivity contribution is 5.89. The zero-order valence-corrected chi connectivity index (χ0v) is 23.8. The Bertz CT molecular complexity index is 1210. The van der Waals surface area contributed by atoms with Crippen LogP contribution in [0, 0.1) is 0 Å². The highest BCUT2D eigenvalue weighted by Crippen LogP contribution is 2.32. The predicted octanol–water partition coefficient (Wildman–Crippen LogP) is 5.27. The number of carbonyl (C=O) groups is 4. The molecule has 11 heteroatoms. The SMILES string of the molecule is C[C@@H](CC(N)(Cc1ccc(OC(=O)OC(C)(C)C)c(OC(=O)OC(C)(C)C)c1)C(=O)O)OC(=O)c1ccccc1. The van der Waals surface area contributed by atoms with Crippen LogP contribution in [0.2, 0.25) is 0 Å². The number of hydrogen-bond donors (Lipinski definition) is 2. The predicted molar refractivity (Wildman–Crippen MR) is 144 cm³/mol. The molecule has 2 rings (SSSR count). The molecule has 0 aliphatic carbocycles. The second-order valence-electron chi connectivity index (χ2n) is 11.3. The van der Waals surface area contributed by atoms with Gasteiger partial charge < -0.3 is 34.5 Å². The fraction of sp³-hybridized carbons (Fsp3) is 0.448. The lowest BCUT2D eigenvalue weighted by Crippen LogP contribution is -2.52. The molecule has 218 valence electrons. The number of aliphatic carboxylic acids is 1. The van der Waals surface area contributed by atoms with Gasteiger partial charge in [-0.05, 0) is 78.3 Å². The first kappa shape index (κ1) is 32.1. The van der Waals surface area contributed by atoms with E-state index in [9.17, 15) is 24.3 Å². The Morgan fingerprint density at radius 3 is 1.85 bits per heavy atom. The minimum absolute atomic E-state index is 0.160. The molecule has 0 amide bonds. The monoisotopic (exact) mass is 559 g/mol. The number of hydrogen-bond acceptors (Lipinski definition) is 10. The molecule has 11 nitrogen and oxygen atoms in total. The number of benzene rings is 2. The molecule has 0 bridgehead atoms. The van der Waals surface area contributed by atoms with Gasteiger partial charge in [-0.15, -0.1) is 0 Å². The summed E-state index contributed by atoms with van der Waals surface area (Å²) in [5.41, 5.74) is 3.35. The van der Waals surface area contributed by atoms with E-state index in [1.165, 1.54) is 18.2 Å². The second-order valence-corrected chi connectivity index (χ2v) is 11.3. The molecule has 0 radical (unpaired) electrons. The quantitative estimate of drug-likeness (QED) is 0.234. The standard InChI is InChI=1S/C29H37NO10/c1-18(36-23(31)20-11-9-8-10-12-20)16-29(30,24(32)33)17-19-13-14-21(37-25(34)39-27(2,3)4)22(15-19)38-26(35)40-28(5,6)7/h8-15,18H,16-17,30H2,1-7H3,(H,32,33)/t18-,29?/m0/s1. The Kier molecular flexibility index (Phi) is 10.3. The fourth-order valence-electron chi connectivity index (χ4n) is 3.53. The number of ether oxygens (including phenoxy) is 5. The van der Waals surface area contributed by atoms with E-state index in [2.05, 4.69) is 0 Å². The van der Waals surface area contributed by atoms with Crippen LogP contribution in [-0.2, 0) is 25.4 Å². The van der Waals surface area contributed by atoms with Crippen molar-refractivity contribution in [2.45, 2.75) is 84.2 Å². The van der Waals surface area contributed by atoms with Gasteiger partial charge in [0.05, 0.1) is 5.56 Å². The van der Waals surface area contributed by atoms with Gasteiger partial charge in [-0.3, -0.25) is 4.79 Å². The molecule has 0 heterocycles. The molecule has 0 spiro atoms. The van der Waals surface area contributed by atoms with E-state index in [-0.39, 0.29) is 24.3 Å². The normalized spacial score (nSPS) is 13.8.